The molecule has 1 aromatic rings. The van der Waals surface area contributed by atoms with Gasteiger partial charge in [-0.05, 0) is 0 Å². The first-order chi connectivity index (χ1) is 7.63. The number of halogens is 2. The Morgan fingerprint density at radius 2 is 2.06 bits per heavy atom. The van der Waals surface area contributed by atoms with Crippen LogP contribution in [0.2, 0.25) is 10.0 Å². The number of amides is 1. The number of hydrogen-bond donors (Lipinski definition) is 0. The third-order valence-corrected chi connectivity index (χ3v) is 3.01. The Balaban J connectivity index is 2.39. The Morgan fingerprint density at radius 3 is 2.56 bits per heavy atom. The number of carbonyl (C=O) groups is 1. The second kappa shape index (κ2) is 4.32. The first-order valence-electron chi connectivity index (χ1n) is 4.69. The molecule has 0 aromatic carbocycles. The van der Waals surface area contributed by atoms with Crippen molar-refractivity contribution >= 4 is 34.8 Å². The predicted octanol–water partition coefficient (Wildman–Crippen LogP) is 2.37. The van der Waals surface area contributed by atoms with Crippen molar-refractivity contribution in [3.8, 4) is 12.3 Å². The smallest absolute Gasteiger partial charge is 0.228 e. The Bertz CT molecular complexity index is 461. The fraction of sp³-hybridized carbons (Fsp3) is 0.273. The van der Waals surface area contributed by atoms with E-state index in [0.717, 1.165) is 0 Å². The standard InChI is InChI=1S/C11H8Cl2N2O/c1-2-7-3-10(16)15(6-7)11-8(12)4-14-5-9(11)13/h1,4-5,7H,3,6H2. The van der Waals surface area contributed by atoms with Crippen LogP contribution in [0.15, 0.2) is 12.4 Å². The molecule has 1 atom stereocenters. The van der Waals surface area contributed by atoms with E-state index in [1.54, 1.807) is 0 Å². The van der Waals surface area contributed by atoms with E-state index in [9.17, 15) is 4.79 Å². The average Bonchev–Trinajstić information content (AvgIpc) is 2.60. The van der Waals surface area contributed by atoms with Gasteiger partial charge in [0.1, 0.15) is 0 Å². The average molecular weight is 255 g/mol. The van der Waals surface area contributed by atoms with Crippen LogP contribution in [0.1, 0.15) is 6.42 Å². The lowest BCUT2D eigenvalue weighted by atomic mass is 10.1. The van der Waals surface area contributed by atoms with Gasteiger partial charge in [-0.15, -0.1) is 12.3 Å². The van der Waals surface area contributed by atoms with Crippen molar-refractivity contribution in [2.75, 3.05) is 11.4 Å². The summed E-state index contributed by atoms with van der Waals surface area (Å²) in [6.45, 7) is 0.457. The van der Waals surface area contributed by atoms with Gasteiger partial charge in [-0.1, -0.05) is 23.2 Å². The summed E-state index contributed by atoms with van der Waals surface area (Å²) in [4.78, 5) is 17.1. The normalized spacial score (nSPS) is 19.9. The van der Waals surface area contributed by atoms with E-state index in [-0.39, 0.29) is 11.8 Å². The van der Waals surface area contributed by atoms with Crippen molar-refractivity contribution in [1.29, 1.82) is 0 Å². The highest BCUT2D eigenvalue weighted by molar-refractivity contribution is 6.39. The maximum Gasteiger partial charge on any atom is 0.228 e. The Labute approximate surface area is 103 Å². The van der Waals surface area contributed by atoms with Crippen LogP contribution in [-0.2, 0) is 4.79 Å². The van der Waals surface area contributed by atoms with Crippen molar-refractivity contribution < 1.29 is 4.79 Å². The molecule has 0 saturated carbocycles. The number of terminal acetylenes is 1. The van der Waals surface area contributed by atoms with E-state index >= 15 is 0 Å². The summed E-state index contributed by atoms with van der Waals surface area (Å²) in [6, 6.07) is 0. The van der Waals surface area contributed by atoms with Gasteiger partial charge in [-0.25, -0.2) is 0 Å². The molecule has 0 N–H and O–H groups in total. The van der Waals surface area contributed by atoms with Crippen LogP contribution in [0.5, 0.6) is 0 Å². The zero-order chi connectivity index (χ0) is 11.7. The van der Waals surface area contributed by atoms with Gasteiger partial charge < -0.3 is 4.90 Å². The van der Waals surface area contributed by atoms with E-state index in [0.29, 0.717) is 28.7 Å². The number of aromatic nitrogens is 1. The lowest BCUT2D eigenvalue weighted by molar-refractivity contribution is -0.117. The highest BCUT2D eigenvalue weighted by atomic mass is 35.5. The van der Waals surface area contributed by atoms with Gasteiger partial charge in [0.2, 0.25) is 5.91 Å². The van der Waals surface area contributed by atoms with Crippen molar-refractivity contribution in [3.63, 3.8) is 0 Å². The van der Waals surface area contributed by atoms with E-state index in [1.165, 1.54) is 17.3 Å². The summed E-state index contributed by atoms with van der Waals surface area (Å²) < 4.78 is 0. The molecule has 0 aliphatic carbocycles. The molecular formula is C11H8Cl2N2O. The molecule has 1 saturated heterocycles. The van der Waals surface area contributed by atoms with Crippen LogP contribution in [0.25, 0.3) is 0 Å². The molecule has 1 fully saturated rings. The van der Waals surface area contributed by atoms with Gasteiger partial charge in [0.25, 0.3) is 0 Å². The van der Waals surface area contributed by atoms with E-state index in [4.69, 9.17) is 29.6 Å². The molecular weight excluding hydrogens is 247 g/mol. The number of rotatable bonds is 1. The summed E-state index contributed by atoms with van der Waals surface area (Å²) in [7, 11) is 0. The van der Waals surface area contributed by atoms with Gasteiger partial charge in [-0.2, -0.15) is 0 Å². The van der Waals surface area contributed by atoms with Crippen molar-refractivity contribution in [2.45, 2.75) is 6.42 Å². The first kappa shape index (κ1) is 11.3. The van der Waals surface area contributed by atoms with E-state index in [2.05, 4.69) is 10.9 Å². The predicted molar refractivity (Wildman–Crippen MR) is 63.6 cm³/mol. The first-order valence-corrected chi connectivity index (χ1v) is 5.44. The third-order valence-electron chi connectivity index (χ3n) is 2.46. The van der Waals surface area contributed by atoms with Gasteiger partial charge >= 0.3 is 0 Å². The fourth-order valence-corrected chi connectivity index (χ4v) is 2.27. The lowest BCUT2D eigenvalue weighted by Gasteiger charge is -2.18. The molecule has 2 rings (SSSR count). The van der Waals surface area contributed by atoms with Crippen LogP contribution in [0, 0.1) is 18.3 Å². The summed E-state index contributed by atoms with van der Waals surface area (Å²) in [5.41, 5.74) is 0.501. The Morgan fingerprint density at radius 1 is 1.44 bits per heavy atom. The zero-order valence-electron chi connectivity index (χ0n) is 8.28. The van der Waals surface area contributed by atoms with Crippen LogP contribution in [0.3, 0.4) is 0 Å². The molecule has 1 unspecified atom stereocenters. The summed E-state index contributed by atoms with van der Waals surface area (Å²) in [5.74, 6) is 2.44. The fourth-order valence-electron chi connectivity index (χ4n) is 1.70. The minimum atomic E-state index is -0.0761. The Hall–Kier alpha value is -1.24. The van der Waals surface area contributed by atoms with Crippen molar-refractivity contribution in [2.24, 2.45) is 5.92 Å². The molecule has 5 heteroatoms. The van der Waals surface area contributed by atoms with Crippen LogP contribution in [0.4, 0.5) is 5.69 Å². The van der Waals surface area contributed by atoms with Crippen LogP contribution in [-0.4, -0.2) is 17.4 Å². The SMILES string of the molecule is C#CC1CC(=O)N(c2c(Cl)cncc2Cl)C1. The quantitative estimate of drug-likeness (QED) is 0.722. The largest absolute Gasteiger partial charge is 0.308 e. The molecule has 1 aliphatic heterocycles. The zero-order valence-corrected chi connectivity index (χ0v) is 9.79. The molecule has 0 bridgehead atoms. The molecule has 16 heavy (non-hydrogen) atoms. The lowest BCUT2D eigenvalue weighted by Crippen LogP contribution is -2.25. The second-order valence-electron chi connectivity index (χ2n) is 3.52. The van der Waals surface area contributed by atoms with Crippen LogP contribution < -0.4 is 4.90 Å². The van der Waals surface area contributed by atoms with Gasteiger partial charge in [-0.3, -0.25) is 9.78 Å². The monoisotopic (exact) mass is 254 g/mol. The van der Waals surface area contributed by atoms with Gasteiger partial charge in [0.05, 0.1) is 15.7 Å². The van der Waals surface area contributed by atoms with Crippen LogP contribution >= 0.6 is 23.2 Å². The van der Waals surface area contributed by atoms with E-state index in [1.807, 2.05) is 0 Å². The molecule has 1 aromatic heterocycles. The van der Waals surface area contributed by atoms with Crippen molar-refractivity contribution in [3.05, 3.63) is 22.4 Å². The highest BCUT2D eigenvalue weighted by Crippen LogP contribution is 2.36. The summed E-state index contributed by atoms with van der Waals surface area (Å²) in [6.07, 6.45) is 8.56. The second-order valence-corrected chi connectivity index (χ2v) is 4.34. The number of anilines is 1. The summed E-state index contributed by atoms with van der Waals surface area (Å²) in [5, 5.41) is 0.719. The molecule has 1 aliphatic rings. The van der Waals surface area contributed by atoms with E-state index < -0.39 is 0 Å². The van der Waals surface area contributed by atoms with Gasteiger partial charge in [0.15, 0.2) is 0 Å². The van der Waals surface area contributed by atoms with Crippen molar-refractivity contribution in [1.82, 2.24) is 4.98 Å². The number of hydrogen-bond acceptors (Lipinski definition) is 2. The number of pyridine rings is 1. The molecule has 1 amide bonds. The molecule has 0 spiro atoms. The molecule has 3 nitrogen and oxygen atoms in total. The molecule has 82 valence electrons. The minimum Gasteiger partial charge on any atom is -0.308 e. The Kier molecular flexibility index (Phi) is 3.04. The third kappa shape index (κ3) is 1.87. The maximum atomic E-state index is 11.7. The minimum absolute atomic E-state index is 0.0575. The number of nitrogens with zero attached hydrogens (tertiary/aromatic N) is 2. The topological polar surface area (TPSA) is 33.2 Å². The highest BCUT2D eigenvalue weighted by Gasteiger charge is 2.31. The molecule has 2 heterocycles. The number of carbonyl (C=O) groups excluding carboxylic acids is 1. The molecule has 0 radical (unpaired) electrons. The summed E-state index contributed by atoms with van der Waals surface area (Å²) >= 11 is 11.9. The maximum absolute atomic E-state index is 11.7. The van der Waals surface area contributed by atoms with Gasteiger partial charge in [0, 0.05) is 31.3 Å².